The summed E-state index contributed by atoms with van der Waals surface area (Å²) in [5.41, 5.74) is 7.88. The third-order valence-electron chi connectivity index (χ3n) is 2.82. The van der Waals surface area contributed by atoms with Crippen LogP contribution in [0, 0.1) is 5.41 Å². The molecule has 1 aromatic carbocycles. The maximum atomic E-state index is 7.36. The van der Waals surface area contributed by atoms with Crippen molar-refractivity contribution < 1.29 is 0 Å². The summed E-state index contributed by atoms with van der Waals surface area (Å²) in [7, 11) is 0. The molecule has 1 fully saturated rings. The Morgan fingerprint density at radius 3 is 2.60 bits per heavy atom. The van der Waals surface area contributed by atoms with E-state index in [1.54, 1.807) is 0 Å². The molecule has 0 unspecified atom stereocenters. The van der Waals surface area contributed by atoms with E-state index in [0.29, 0.717) is 6.42 Å². The van der Waals surface area contributed by atoms with E-state index in [9.17, 15) is 0 Å². The van der Waals surface area contributed by atoms with E-state index in [1.807, 2.05) is 6.07 Å². The molecule has 0 amide bonds. The van der Waals surface area contributed by atoms with Gasteiger partial charge in [-0.3, -0.25) is 5.41 Å². The van der Waals surface area contributed by atoms with E-state index >= 15 is 0 Å². The number of hydrogen-bond donors (Lipinski definition) is 2. The zero-order valence-electron chi connectivity index (χ0n) is 8.87. The number of hydrogen-bond acceptors (Lipinski definition) is 2. The Hall–Kier alpha value is -1.51. The predicted molar refractivity (Wildman–Crippen MR) is 63.5 cm³/mol. The average molecular weight is 203 g/mol. The standard InChI is InChI=1S/C12H17N3/c13-12(14)9-10-5-1-2-6-11(10)15-7-3-4-8-15/h1-2,5-6H,3-4,7-9H2,(H3,13,14). The molecule has 1 aliphatic rings. The number of nitrogens with two attached hydrogens (primary N) is 1. The average Bonchev–Trinajstić information content (AvgIpc) is 2.70. The number of benzene rings is 1. The molecule has 0 radical (unpaired) electrons. The van der Waals surface area contributed by atoms with E-state index < -0.39 is 0 Å². The molecule has 0 atom stereocenters. The van der Waals surface area contributed by atoms with Gasteiger partial charge in [-0.1, -0.05) is 18.2 Å². The fourth-order valence-corrected chi connectivity index (χ4v) is 2.13. The molecular weight excluding hydrogens is 186 g/mol. The Labute approximate surface area is 90.4 Å². The van der Waals surface area contributed by atoms with Crippen LogP contribution in [-0.4, -0.2) is 18.9 Å². The third kappa shape index (κ3) is 2.29. The van der Waals surface area contributed by atoms with Crippen LogP contribution in [0.15, 0.2) is 24.3 Å². The summed E-state index contributed by atoms with van der Waals surface area (Å²) in [4.78, 5) is 2.39. The van der Waals surface area contributed by atoms with Gasteiger partial charge in [0.1, 0.15) is 0 Å². The van der Waals surface area contributed by atoms with Crippen LogP contribution in [0.3, 0.4) is 0 Å². The van der Waals surface area contributed by atoms with Gasteiger partial charge in [-0.05, 0) is 24.5 Å². The minimum Gasteiger partial charge on any atom is -0.387 e. The lowest BCUT2D eigenvalue weighted by atomic mass is 10.1. The summed E-state index contributed by atoms with van der Waals surface area (Å²) in [6.07, 6.45) is 3.11. The molecule has 3 heteroatoms. The Morgan fingerprint density at radius 1 is 1.27 bits per heavy atom. The molecule has 80 valence electrons. The van der Waals surface area contributed by atoms with Gasteiger partial charge in [0.25, 0.3) is 0 Å². The van der Waals surface area contributed by atoms with Gasteiger partial charge in [-0.25, -0.2) is 0 Å². The second-order valence-electron chi connectivity index (χ2n) is 4.02. The normalized spacial score (nSPS) is 15.6. The van der Waals surface area contributed by atoms with Crippen molar-refractivity contribution in [1.82, 2.24) is 0 Å². The zero-order valence-corrected chi connectivity index (χ0v) is 8.87. The number of amidine groups is 1. The fraction of sp³-hybridized carbons (Fsp3) is 0.417. The lowest BCUT2D eigenvalue weighted by molar-refractivity contribution is 0.949. The largest absolute Gasteiger partial charge is 0.387 e. The van der Waals surface area contributed by atoms with Crippen LogP contribution >= 0.6 is 0 Å². The van der Waals surface area contributed by atoms with Gasteiger partial charge in [0.15, 0.2) is 0 Å². The second-order valence-corrected chi connectivity index (χ2v) is 4.02. The summed E-state index contributed by atoms with van der Waals surface area (Å²) in [5, 5.41) is 7.36. The maximum absolute atomic E-state index is 7.36. The van der Waals surface area contributed by atoms with Gasteiger partial charge >= 0.3 is 0 Å². The molecule has 3 N–H and O–H groups in total. The maximum Gasteiger partial charge on any atom is 0.0950 e. The molecule has 15 heavy (non-hydrogen) atoms. The van der Waals surface area contributed by atoms with E-state index in [-0.39, 0.29) is 5.84 Å². The van der Waals surface area contributed by atoms with Crippen LogP contribution in [0.5, 0.6) is 0 Å². The van der Waals surface area contributed by atoms with Crippen LogP contribution in [-0.2, 0) is 6.42 Å². The molecule has 3 nitrogen and oxygen atoms in total. The highest BCUT2D eigenvalue weighted by Gasteiger charge is 2.15. The predicted octanol–water partition coefficient (Wildman–Crippen LogP) is 1.77. The van der Waals surface area contributed by atoms with Gasteiger partial charge in [0.05, 0.1) is 5.84 Å². The lowest BCUT2D eigenvalue weighted by Gasteiger charge is -2.21. The molecule has 0 aliphatic carbocycles. The van der Waals surface area contributed by atoms with Gasteiger partial charge < -0.3 is 10.6 Å². The molecule has 0 spiro atoms. The first-order valence-corrected chi connectivity index (χ1v) is 5.43. The smallest absolute Gasteiger partial charge is 0.0950 e. The first-order chi connectivity index (χ1) is 7.27. The van der Waals surface area contributed by atoms with E-state index in [0.717, 1.165) is 13.1 Å². The highest BCUT2D eigenvalue weighted by atomic mass is 15.1. The Balaban J connectivity index is 2.24. The molecule has 1 heterocycles. The SMILES string of the molecule is N=C(N)Cc1ccccc1N1CCCC1. The molecule has 0 aromatic heterocycles. The van der Waals surface area contributed by atoms with Crippen LogP contribution in [0.25, 0.3) is 0 Å². The minimum absolute atomic E-state index is 0.238. The van der Waals surface area contributed by atoms with Crippen molar-refractivity contribution in [3.63, 3.8) is 0 Å². The Morgan fingerprint density at radius 2 is 1.93 bits per heavy atom. The fourth-order valence-electron chi connectivity index (χ4n) is 2.13. The number of rotatable bonds is 3. The number of nitrogens with one attached hydrogen (secondary N) is 1. The second kappa shape index (κ2) is 4.34. The number of nitrogens with zero attached hydrogens (tertiary/aromatic N) is 1. The molecule has 1 aromatic rings. The summed E-state index contributed by atoms with van der Waals surface area (Å²) in [6.45, 7) is 2.27. The molecular formula is C12H17N3. The monoisotopic (exact) mass is 203 g/mol. The van der Waals surface area contributed by atoms with E-state index in [1.165, 1.54) is 24.1 Å². The van der Waals surface area contributed by atoms with E-state index in [4.69, 9.17) is 11.1 Å². The summed E-state index contributed by atoms with van der Waals surface area (Å²) in [6, 6.07) is 8.26. The van der Waals surface area contributed by atoms with Crippen molar-refractivity contribution >= 4 is 11.5 Å². The highest BCUT2D eigenvalue weighted by Crippen LogP contribution is 2.24. The van der Waals surface area contributed by atoms with Crippen molar-refractivity contribution in [3.8, 4) is 0 Å². The van der Waals surface area contributed by atoms with E-state index in [2.05, 4.69) is 23.1 Å². The molecule has 0 saturated carbocycles. The molecule has 2 rings (SSSR count). The van der Waals surface area contributed by atoms with Crippen LogP contribution in [0.1, 0.15) is 18.4 Å². The minimum atomic E-state index is 0.238. The molecule has 1 saturated heterocycles. The van der Waals surface area contributed by atoms with Gasteiger partial charge in [0.2, 0.25) is 0 Å². The van der Waals surface area contributed by atoms with Crippen molar-refractivity contribution in [2.75, 3.05) is 18.0 Å². The summed E-state index contributed by atoms with van der Waals surface area (Å²) in [5.74, 6) is 0.238. The van der Waals surface area contributed by atoms with Crippen LogP contribution in [0.2, 0.25) is 0 Å². The third-order valence-corrected chi connectivity index (χ3v) is 2.82. The first kappa shape index (κ1) is 10.0. The first-order valence-electron chi connectivity index (χ1n) is 5.43. The quantitative estimate of drug-likeness (QED) is 0.581. The molecule has 1 aliphatic heterocycles. The van der Waals surface area contributed by atoms with Crippen molar-refractivity contribution in [2.45, 2.75) is 19.3 Å². The topological polar surface area (TPSA) is 53.1 Å². The summed E-state index contributed by atoms with van der Waals surface area (Å²) >= 11 is 0. The highest BCUT2D eigenvalue weighted by molar-refractivity contribution is 5.81. The van der Waals surface area contributed by atoms with Gasteiger partial charge in [0, 0.05) is 25.2 Å². The molecule has 0 bridgehead atoms. The Kier molecular flexibility index (Phi) is 2.90. The van der Waals surface area contributed by atoms with Crippen LogP contribution < -0.4 is 10.6 Å². The zero-order chi connectivity index (χ0) is 10.7. The summed E-state index contributed by atoms with van der Waals surface area (Å²) < 4.78 is 0. The number of para-hydroxylation sites is 1. The van der Waals surface area contributed by atoms with Crippen molar-refractivity contribution in [3.05, 3.63) is 29.8 Å². The van der Waals surface area contributed by atoms with Gasteiger partial charge in [-0.2, -0.15) is 0 Å². The van der Waals surface area contributed by atoms with Gasteiger partial charge in [-0.15, -0.1) is 0 Å². The van der Waals surface area contributed by atoms with Crippen molar-refractivity contribution in [1.29, 1.82) is 5.41 Å². The van der Waals surface area contributed by atoms with Crippen LogP contribution in [0.4, 0.5) is 5.69 Å². The van der Waals surface area contributed by atoms with Crippen molar-refractivity contribution in [2.24, 2.45) is 5.73 Å². The lowest BCUT2D eigenvalue weighted by Crippen LogP contribution is -2.21. The number of anilines is 1. The Bertz CT molecular complexity index is 354.